The molecule has 1 aromatic carbocycles. The number of aromatic nitrogens is 1. The second-order valence-electron chi connectivity index (χ2n) is 5.98. The number of methoxy groups -OCH3 is 2. The van der Waals surface area contributed by atoms with E-state index in [1.165, 1.54) is 4.88 Å². The van der Waals surface area contributed by atoms with E-state index in [2.05, 4.69) is 0 Å². The molecular formula is C19H23NO4S. The lowest BCUT2D eigenvalue weighted by atomic mass is 9.91. The highest BCUT2D eigenvalue weighted by molar-refractivity contribution is 7.11. The first-order chi connectivity index (χ1) is 12.2. The van der Waals surface area contributed by atoms with Crippen molar-refractivity contribution in [2.24, 2.45) is 0 Å². The molecule has 0 fully saturated rings. The quantitative estimate of drug-likeness (QED) is 0.734. The fourth-order valence-corrected chi connectivity index (χ4v) is 4.39. The van der Waals surface area contributed by atoms with Gasteiger partial charge in [0, 0.05) is 11.3 Å². The third kappa shape index (κ3) is 3.79. The molecule has 1 aromatic heterocycles. The van der Waals surface area contributed by atoms with Crippen molar-refractivity contribution in [2.75, 3.05) is 20.8 Å². The van der Waals surface area contributed by atoms with E-state index in [-0.39, 0.29) is 11.9 Å². The smallest absolute Gasteiger partial charge is 0.315 e. The first-order valence-corrected chi connectivity index (χ1v) is 9.34. The van der Waals surface area contributed by atoms with Crippen LogP contribution in [0.1, 0.15) is 46.8 Å². The van der Waals surface area contributed by atoms with Gasteiger partial charge in [-0.15, -0.1) is 11.3 Å². The van der Waals surface area contributed by atoms with E-state index in [0.717, 1.165) is 35.5 Å². The highest BCUT2D eigenvalue weighted by Gasteiger charge is 2.31. The Morgan fingerprint density at radius 1 is 1.28 bits per heavy atom. The number of carbonyl (C=O) groups excluding carboxylic acids is 1. The number of carbonyl (C=O) groups is 1. The van der Waals surface area contributed by atoms with Crippen LogP contribution in [0.25, 0.3) is 0 Å². The molecule has 0 bridgehead atoms. The molecular weight excluding hydrogens is 338 g/mol. The lowest BCUT2D eigenvalue weighted by Crippen LogP contribution is -2.20. The summed E-state index contributed by atoms with van der Waals surface area (Å²) >= 11 is 1.70. The van der Waals surface area contributed by atoms with Gasteiger partial charge >= 0.3 is 5.97 Å². The van der Waals surface area contributed by atoms with Gasteiger partial charge in [0.2, 0.25) is 0 Å². The Labute approximate surface area is 151 Å². The van der Waals surface area contributed by atoms with E-state index < -0.39 is 0 Å². The molecule has 1 atom stereocenters. The van der Waals surface area contributed by atoms with Gasteiger partial charge in [-0.1, -0.05) is 6.07 Å². The van der Waals surface area contributed by atoms with Crippen molar-refractivity contribution in [3.05, 3.63) is 39.3 Å². The van der Waals surface area contributed by atoms with Crippen molar-refractivity contribution >= 4 is 17.3 Å². The molecule has 5 nitrogen and oxygen atoms in total. The van der Waals surface area contributed by atoms with Crippen LogP contribution in [-0.4, -0.2) is 31.8 Å². The van der Waals surface area contributed by atoms with Crippen LogP contribution in [0.15, 0.2) is 18.2 Å². The number of aryl methyl sites for hydroxylation is 1. The van der Waals surface area contributed by atoms with Crippen molar-refractivity contribution in [1.82, 2.24) is 4.98 Å². The summed E-state index contributed by atoms with van der Waals surface area (Å²) in [5, 5.41) is 1.02. The van der Waals surface area contributed by atoms with E-state index >= 15 is 0 Å². The molecule has 0 amide bonds. The van der Waals surface area contributed by atoms with Crippen molar-refractivity contribution in [2.45, 2.75) is 38.5 Å². The Morgan fingerprint density at radius 3 is 2.80 bits per heavy atom. The number of esters is 1. The predicted octanol–water partition coefficient (Wildman–Crippen LogP) is 3.73. The minimum atomic E-state index is -0.209. The third-order valence-corrected chi connectivity index (χ3v) is 5.50. The van der Waals surface area contributed by atoms with Crippen LogP contribution in [0, 0.1) is 0 Å². The molecule has 3 rings (SSSR count). The Balaban J connectivity index is 1.82. The number of hydrogen-bond donors (Lipinski definition) is 0. The fourth-order valence-electron chi connectivity index (χ4n) is 3.18. The first-order valence-electron chi connectivity index (χ1n) is 8.52. The third-order valence-electron chi connectivity index (χ3n) is 4.37. The second-order valence-corrected chi connectivity index (χ2v) is 7.15. The Hall–Kier alpha value is -2.08. The molecule has 1 aliphatic rings. The monoisotopic (exact) mass is 361 g/mol. The summed E-state index contributed by atoms with van der Waals surface area (Å²) in [5.41, 5.74) is 2.03. The molecule has 0 saturated heterocycles. The lowest BCUT2D eigenvalue weighted by Gasteiger charge is -2.19. The van der Waals surface area contributed by atoms with Gasteiger partial charge in [-0.25, -0.2) is 4.98 Å². The molecule has 0 spiro atoms. The SMILES string of the molecule is CCOC(=O)[C@H]1CCCc2sc(Cc3ccc(OC)c(OC)c3)nc21. The van der Waals surface area contributed by atoms with Gasteiger partial charge in [0.05, 0.1) is 31.5 Å². The number of rotatable bonds is 6. The summed E-state index contributed by atoms with van der Waals surface area (Å²) in [4.78, 5) is 18.2. The zero-order valence-corrected chi connectivity index (χ0v) is 15.6. The predicted molar refractivity (Wildman–Crippen MR) is 96.8 cm³/mol. The van der Waals surface area contributed by atoms with Crippen molar-refractivity contribution < 1.29 is 19.0 Å². The summed E-state index contributed by atoms with van der Waals surface area (Å²) in [6, 6.07) is 5.90. The van der Waals surface area contributed by atoms with Gasteiger partial charge in [0.1, 0.15) is 5.92 Å². The molecule has 0 radical (unpaired) electrons. The topological polar surface area (TPSA) is 57.7 Å². The average molecular weight is 361 g/mol. The highest BCUT2D eigenvalue weighted by Crippen LogP contribution is 2.36. The van der Waals surface area contributed by atoms with Gasteiger partial charge < -0.3 is 14.2 Å². The standard InChI is InChI=1S/C19H23NO4S/c1-4-24-19(21)13-6-5-7-16-18(13)20-17(25-16)11-12-8-9-14(22-2)15(10-12)23-3/h8-10,13H,4-7,11H2,1-3H3/t13-/m0/s1. The molecule has 1 aliphatic carbocycles. The molecule has 2 aromatic rings. The van der Waals surface area contributed by atoms with Crippen LogP contribution >= 0.6 is 11.3 Å². The van der Waals surface area contributed by atoms with Gasteiger partial charge in [0.15, 0.2) is 11.5 Å². The number of nitrogens with zero attached hydrogens (tertiary/aromatic N) is 1. The highest BCUT2D eigenvalue weighted by atomic mass is 32.1. The van der Waals surface area contributed by atoms with Crippen LogP contribution < -0.4 is 9.47 Å². The van der Waals surface area contributed by atoms with Crippen molar-refractivity contribution in [1.29, 1.82) is 0 Å². The normalized spacial score (nSPS) is 16.2. The maximum Gasteiger partial charge on any atom is 0.315 e. The van der Waals surface area contributed by atoms with E-state index in [4.69, 9.17) is 19.2 Å². The summed E-state index contributed by atoms with van der Waals surface area (Å²) in [7, 11) is 3.26. The van der Waals surface area contributed by atoms with Crippen LogP contribution in [0.3, 0.4) is 0 Å². The number of benzene rings is 1. The number of fused-ring (bicyclic) bond motifs is 1. The second kappa shape index (κ2) is 7.87. The maximum atomic E-state index is 12.2. The van der Waals surface area contributed by atoms with E-state index in [0.29, 0.717) is 24.5 Å². The first kappa shape index (κ1) is 17.7. The Kier molecular flexibility index (Phi) is 5.58. The minimum absolute atomic E-state index is 0.147. The Morgan fingerprint density at radius 2 is 2.08 bits per heavy atom. The number of hydrogen-bond acceptors (Lipinski definition) is 6. The summed E-state index contributed by atoms with van der Waals surface area (Å²) in [5.74, 6) is 1.07. The number of thiazole rings is 1. The molecule has 25 heavy (non-hydrogen) atoms. The van der Waals surface area contributed by atoms with Crippen molar-refractivity contribution in [3.8, 4) is 11.5 Å². The van der Waals surface area contributed by atoms with E-state index in [9.17, 15) is 4.79 Å². The van der Waals surface area contributed by atoms with Crippen LogP contribution in [0.5, 0.6) is 11.5 Å². The molecule has 0 saturated carbocycles. The Bertz CT molecular complexity index is 756. The van der Waals surface area contributed by atoms with Crippen molar-refractivity contribution in [3.63, 3.8) is 0 Å². The molecule has 0 aliphatic heterocycles. The zero-order valence-electron chi connectivity index (χ0n) is 14.8. The lowest BCUT2D eigenvalue weighted by molar-refractivity contribution is -0.145. The van der Waals surface area contributed by atoms with Gasteiger partial charge in [-0.05, 0) is 43.9 Å². The summed E-state index contributed by atoms with van der Waals surface area (Å²) < 4.78 is 15.9. The molecule has 6 heteroatoms. The summed E-state index contributed by atoms with van der Waals surface area (Å²) in [6.07, 6.45) is 3.54. The van der Waals surface area contributed by atoms with Crippen LogP contribution in [-0.2, 0) is 22.4 Å². The van der Waals surface area contributed by atoms with Gasteiger partial charge in [0.25, 0.3) is 0 Å². The molecule has 1 heterocycles. The number of ether oxygens (including phenoxy) is 3. The minimum Gasteiger partial charge on any atom is -0.493 e. The maximum absolute atomic E-state index is 12.2. The summed E-state index contributed by atoms with van der Waals surface area (Å²) in [6.45, 7) is 2.25. The van der Waals surface area contributed by atoms with Crippen LogP contribution in [0.2, 0.25) is 0 Å². The van der Waals surface area contributed by atoms with Gasteiger partial charge in [-0.2, -0.15) is 0 Å². The average Bonchev–Trinajstić information content (AvgIpc) is 3.04. The molecule has 134 valence electrons. The molecule has 0 N–H and O–H groups in total. The molecule has 0 unspecified atom stereocenters. The fraction of sp³-hybridized carbons (Fsp3) is 0.474. The zero-order chi connectivity index (χ0) is 17.8. The largest absolute Gasteiger partial charge is 0.493 e. The van der Waals surface area contributed by atoms with Crippen LogP contribution in [0.4, 0.5) is 0 Å². The van der Waals surface area contributed by atoms with Gasteiger partial charge in [-0.3, -0.25) is 4.79 Å². The van der Waals surface area contributed by atoms with E-state index in [1.807, 2.05) is 25.1 Å². The van der Waals surface area contributed by atoms with E-state index in [1.54, 1.807) is 25.6 Å².